The van der Waals surface area contributed by atoms with Gasteiger partial charge in [0.1, 0.15) is 0 Å². The van der Waals surface area contributed by atoms with Crippen molar-refractivity contribution >= 4 is 16.7 Å². The van der Waals surface area contributed by atoms with Gasteiger partial charge in [0.05, 0.1) is 0 Å². The van der Waals surface area contributed by atoms with Gasteiger partial charge in [-0.15, -0.1) is 5.26 Å². The van der Waals surface area contributed by atoms with Crippen molar-refractivity contribution in [1.82, 2.24) is 0 Å². The largest absolute Gasteiger partial charge is 0.347 e. The van der Waals surface area contributed by atoms with E-state index in [9.17, 15) is 4.79 Å². The molecule has 0 spiro atoms. The quantitative estimate of drug-likeness (QED) is 0.426. The van der Waals surface area contributed by atoms with Crippen LogP contribution in [0, 0.1) is 11.5 Å². The zero-order valence-corrected chi connectivity index (χ0v) is 9.17. The van der Waals surface area contributed by atoms with Gasteiger partial charge in [-0.1, -0.05) is 55.1 Å². The predicted octanol–water partition coefficient (Wildman–Crippen LogP) is 3.04. The average Bonchev–Trinajstić information content (AvgIpc) is 2.40. The molecule has 0 radical (unpaired) electrons. The molecule has 0 bridgehead atoms. The molecule has 0 unspecified atom stereocenters. The number of nitrogens with zero attached hydrogens (tertiary/aromatic N) is 1. The lowest BCUT2D eigenvalue weighted by molar-refractivity contribution is -0.131. The zero-order chi connectivity index (χ0) is 12.5. The molecule has 0 N–H and O–H groups in total. The Hall–Kier alpha value is -2.60. The molecule has 0 saturated carbocycles. The highest BCUT2D eigenvalue weighted by Crippen LogP contribution is 2.11. The molecular weight excluding hydrogens is 214 g/mol. The van der Waals surface area contributed by atoms with Crippen LogP contribution in [0.5, 0.6) is 0 Å². The number of carbonyl (C=O) groups is 1. The maximum atomic E-state index is 9.85. The van der Waals surface area contributed by atoms with Gasteiger partial charge in [-0.3, -0.25) is 0 Å². The number of hydrogen-bond donors (Lipinski definition) is 0. The third-order valence-corrected chi connectivity index (χ3v) is 1.97. The van der Waals surface area contributed by atoms with Gasteiger partial charge >= 0.3 is 5.97 Å². The number of fused-ring (bicyclic) bond motifs is 1. The van der Waals surface area contributed by atoms with Crippen molar-refractivity contribution in [2.45, 2.75) is 0 Å². The molecule has 0 aliphatic carbocycles. The minimum atomic E-state index is -0.720. The lowest BCUT2D eigenvalue weighted by atomic mass is 10.1. The highest BCUT2D eigenvalue weighted by atomic mass is 16.5. The number of hydrogen-bond acceptors (Lipinski definition) is 3. The van der Waals surface area contributed by atoms with Gasteiger partial charge in [0.2, 0.25) is 0 Å². The number of benzene rings is 2. The van der Waals surface area contributed by atoms with E-state index in [4.69, 9.17) is 5.26 Å². The van der Waals surface area contributed by atoms with Crippen LogP contribution >= 0.6 is 0 Å². The van der Waals surface area contributed by atoms with Crippen molar-refractivity contribution in [3.05, 3.63) is 61.2 Å². The molecule has 0 aromatic heterocycles. The van der Waals surface area contributed by atoms with E-state index in [1.165, 1.54) is 17.0 Å². The van der Waals surface area contributed by atoms with Crippen molar-refractivity contribution in [3.63, 3.8) is 0 Å². The van der Waals surface area contributed by atoms with E-state index in [0.29, 0.717) is 0 Å². The molecule has 2 aromatic rings. The Morgan fingerprint density at radius 1 is 1.12 bits per heavy atom. The summed E-state index contributed by atoms with van der Waals surface area (Å²) in [5, 5.41) is 10.2. The van der Waals surface area contributed by atoms with E-state index in [-0.39, 0.29) is 0 Å². The fourth-order valence-corrected chi connectivity index (χ4v) is 1.22. The Morgan fingerprint density at radius 3 is 1.76 bits per heavy atom. The van der Waals surface area contributed by atoms with E-state index in [1.807, 2.05) is 0 Å². The highest BCUT2D eigenvalue weighted by Gasteiger charge is 1.87. The fraction of sp³-hybridized carbons (Fsp3) is 0. The molecule has 84 valence electrons. The molecule has 0 aliphatic heterocycles. The number of carbonyl (C=O) groups excluding carboxylic acids is 1. The Morgan fingerprint density at radius 2 is 1.53 bits per heavy atom. The third-order valence-electron chi connectivity index (χ3n) is 1.97. The topological polar surface area (TPSA) is 50.1 Å². The lowest BCUT2D eigenvalue weighted by Crippen LogP contribution is -1.91. The molecule has 0 heterocycles. The minimum absolute atomic E-state index is 0.720. The number of ether oxygens (including phenoxy) is 1. The Balaban J connectivity index is 0.000000185. The molecule has 3 nitrogen and oxygen atoms in total. The third kappa shape index (κ3) is 4.18. The van der Waals surface area contributed by atoms with E-state index in [2.05, 4.69) is 59.8 Å². The number of nitriles is 1. The Labute approximate surface area is 99.6 Å². The molecule has 0 atom stereocenters. The summed E-state index contributed by atoms with van der Waals surface area (Å²) in [5.41, 5.74) is 0. The first-order valence-electron chi connectivity index (χ1n) is 4.94. The van der Waals surface area contributed by atoms with Gasteiger partial charge in [-0.05, 0) is 10.8 Å². The molecule has 2 aromatic carbocycles. The Kier molecular flexibility index (Phi) is 4.99. The van der Waals surface area contributed by atoms with Crippen LogP contribution < -0.4 is 0 Å². The van der Waals surface area contributed by atoms with Crippen molar-refractivity contribution in [2.75, 3.05) is 0 Å². The van der Waals surface area contributed by atoms with Gasteiger partial charge in [0.25, 0.3) is 6.26 Å². The van der Waals surface area contributed by atoms with E-state index in [0.717, 1.165) is 6.08 Å². The molecular formula is C14H11NO2. The van der Waals surface area contributed by atoms with Crippen LogP contribution in [0.4, 0.5) is 0 Å². The van der Waals surface area contributed by atoms with Crippen LogP contribution in [0.25, 0.3) is 10.8 Å². The Bertz CT molecular complexity index is 490. The molecule has 0 fully saturated rings. The summed E-state index contributed by atoms with van der Waals surface area (Å²) in [4.78, 5) is 9.85. The lowest BCUT2D eigenvalue weighted by Gasteiger charge is -1.92. The second-order valence-corrected chi connectivity index (χ2v) is 3.06. The summed E-state index contributed by atoms with van der Waals surface area (Å²) in [6.45, 7) is 3.05. The van der Waals surface area contributed by atoms with Crippen LogP contribution in [-0.4, -0.2) is 5.97 Å². The standard InChI is InChI=1S/C10H8.C4H3NO2/c1-2-6-10-8-4-3-7-9(10)5-1;1-2-4(6)7-3-5/h1-8H;2H,1H2. The first kappa shape index (κ1) is 12.5. The van der Waals surface area contributed by atoms with Gasteiger partial charge in [-0.2, -0.15) is 0 Å². The SMILES string of the molecule is C=CC(=O)OC#N.c1ccc2ccccc2c1. The zero-order valence-electron chi connectivity index (χ0n) is 9.17. The van der Waals surface area contributed by atoms with Crippen LogP contribution in [0.3, 0.4) is 0 Å². The van der Waals surface area contributed by atoms with Crippen LogP contribution in [0.1, 0.15) is 0 Å². The highest BCUT2D eigenvalue weighted by molar-refractivity contribution is 5.82. The van der Waals surface area contributed by atoms with Crippen LogP contribution in [0.15, 0.2) is 61.2 Å². The van der Waals surface area contributed by atoms with Crippen molar-refractivity contribution in [2.24, 2.45) is 0 Å². The van der Waals surface area contributed by atoms with E-state index in [1.54, 1.807) is 0 Å². The monoisotopic (exact) mass is 225 g/mol. The van der Waals surface area contributed by atoms with Gasteiger partial charge in [-0.25, -0.2) is 4.79 Å². The molecule has 0 aliphatic rings. The van der Waals surface area contributed by atoms with Crippen molar-refractivity contribution < 1.29 is 9.53 Å². The van der Waals surface area contributed by atoms with Gasteiger partial charge < -0.3 is 4.74 Å². The maximum Gasteiger partial charge on any atom is 0.345 e. The summed E-state index contributed by atoms with van der Waals surface area (Å²) in [6, 6.07) is 16.7. The summed E-state index contributed by atoms with van der Waals surface area (Å²) in [7, 11) is 0. The maximum absolute atomic E-state index is 9.85. The first-order chi connectivity index (χ1) is 8.27. The van der Waals surface area contributed by atoms with Crippen LogP contribution in [0.2, 0.25) is 0 Å². The number of rotatable bonds is 1. The molecule has 0 amide bonds. The first-order valence-corrected chi connectivity index (χ1v) is 4.94. The normalized spacial score (nSPS) is 8.41. The predicted molar refractivity (Wildman–Crippen MR) is 65.9 cm³/mol. The van der Waals surface area contributed by atoms with E-state index < -0.39 is 5.97 Å². The minimum Gasteiger partial charge on any atom is -0.347 e. The molecule has 0 saturated heterocycles. The smallest absolute Gasteiger partial charge is 0.345 e. The molecule has 2 rings (SSSR count). The van der Waals surface area contributed by atoms with Crippen LogP contribution in [-0.2, 0) is 9.53 Å². The van der Waals surface area contributed by atoms with Crippen molar-refractivity contribution in [3.8, 4) is 6.26 Å². The number of esters is 1. The summed E-state index contributed by atoms with van der Waals surface area (Å²) >= 11 is 0. The summed E-state index contributed by atoms with van der Waals surface area (Å²) in [5.74, 6) is -0.720. The average molecular weight is 225 g/mol. The summed E-state index contributed by atoms with van der Waals surface area (Å²) in [6.07, 6.45) is 2.12. The van der Waals surface area contributed by atoms with Gasteiger partial charge in [0.15, 0.2) is 0 Å². The second kappa shape index (κ2) is 6.81. The van der Waals surface area contributed by atoms with Gasteiger partial charge in [0, 0.05) is 6.08 Å². The molecule has 17 heavy (non-hydrogen) atoms. The van der Waals surface area contributed by atoms with E-state index >= 15 is 0 Å². The molecule has 3 heteroatoms. The summed E-state index contributed by atoms with van der Waals surface area (Å²) < 4.78 is 3.74. The second-order valence-electron chi connectivity index (χ2n) is 3.06. The fourth-order valence-electron chi connectivity index (χ4n) is 1.22. The van der Waals surface area contributed by atoms with Crippen molar-refractivity contribution in [1.29, 1.82) is 5.26 Å².